The van der Waals surface area contributed by atoms with Crippen LogP contribution in [0.5, 0.6) is 0 Å². The monoisotopic (exact) mass is 478 g/mol. The molecule has 1 fully saturated rings. The summed E-state index contributed by atoms with van der Waals surface area (Å²) in [6, 6.07) is 6.45. The van der Waals surface area contributed by atoms with Crippen LogP contribution in [-0.2, 0) is 18.5 Å². The first-order valence-electron chi connectivity index (χ1n) is 10.5. The van der Waals surface area contributed by atoms with Gasteiger partial charge in [0.15, 0.2) is 5.67 Å². The van der Waals surface area contributed by atoms with Crippen molar-refractivity contribution in [1.29, 1.82) is 0 Å². The van der Waals surface area contributed by atoms with Crippen molar-refractivity contribution in [1.82, 2.24) is 14.9 Å². The van der Waals surface area contributed by atoms with E-state index in [0.29, 0.717) is 28.8 Å². The van der Waals surface area contributed by atoms with Gasteiger partial charge < -0.3 is 14.4 Å². The van der Waals surface area contributed by atoms with E-state index in [0.717, 1.165) is 12.1 Å². The first-order valence-corrected chi connectivity index (χ1v) is 10.5. The highest BCUT2D eigenvalue weighted by Gasteiger charge is 2.40. The summed E-state index contributed by atoms with van der Waals surface area (Å²) in [6.07, 6.45) is -2.33. The molecule has 2 N–H and O–H groups in total. The van der Waals surface area contributed by atoms with Gasteiger partial charge in [-0.25, -0.2) is 14.2 Å². The molecule has 3 aromatic heterocycles. The van der Waals surface area contributed by atoms with Crippen molar-refractivity contribution >= 4 is 11.8 Å². The molecule has 0 aromatic carbocycles. The maximum Gasteiger partial charge on any atom is 0.417 e. The summed E-state index contributed by atoms with van der Waals surface area (Å²) in [5.41, 5.74) is -1.07. The molecule has 11 heteroatoms. The van der Waals surface area contributed by atoms with Crippen LogP contribution >= 0.6 is 0 Å². The lowest BCUT2D eigenvalue weighted by atomic mass is 9.87. The minimum Gasteiger partial charge on any atom is -0.459 e. The summed E-state index contributed by atoms with van der Waals surface area (Å²) in [7, 11) is 0. The van der Waals surface area contributed by atoms with Crippen LogP contribution < -0.4 is 5.32 Å². The number of rotatable bonds is 4. The number of hydrogen-bond acceptors (Lipinski definition) is 5. The average Bonchev–Trinajstić information content (AvgIpc) is 3.28. The van der Waals surface area contributed by atoms with Gasteiger partial charge in [-0.05, 0) is 42.8 Å². The number of anilines is 1. The Morgan fingerprint density at radius 3 is 2.47 bits per heavy atom. The van der Waals surface area contributed by atoms with Crippen molar-refractivity contribution in [2.24, 2.45) is 0 Å². The number of furan rings is 1. The van der Waals surface area contributed by atoms with Crippen molar-refractivity contribution in [2.45, 2.75) is 38.2 Å². The van der Waals surface area contributed by atoms with Crippen LogP contribution in [0.2, 0.25) is 0 Å². The van der Waals surface area contributed by atoms with Gasteiger partial charge in [-0.2, -0.15) is 13.2 Å². The van der Waals surface area contributed by atoms with Gasteiger partial charge in [0.1, 0.15) is 23.9 Å². The molecule has 0 unspecified atom stereocenters. The normalized spacial score (nSPS) is 15.9. The van der Waals surface area contributed by atoms with E-state index in [1.54, 1.807) is 25.1 Å². The van der Waals surface area contributed by atoms with E-state index >= 15 is 4.39 Å². The van der Waals surface area contributed by atoms with Crippen LogP contribution in [-0.4, -0.2) is 39.1 Å². The molecule has 0 aliphatic carbocycles. The van der Waals surface area contributed by atoms with E-state index in [1.807, 2.05) is 0 Å². The average molecular weight is 478 g/mol. The van der Waals surface area contributed by atoms with E-state index in [4.69, 9.17) is 9.52 Å². The second-order valence-corrected chi connectivity index (χ2v) is 8.13. The molecule has 0 spiro atoms. The number of likely N-dealkylation sites (tertiary alicyclic amines) is 1. The molecular formula is C23H22F4N4O3. The third-order valence-corrected chi connectivity index (χ3v) is 5.77. The van der Waals surface area contributed by atoms with Gasteiger partial charge in [0.25, 0.3) is 0 Å². The molecule has 1 aliphatic rings. The molecule has 0 atom stereocenters. The molecule has 4 rings (SSSR count). The summed E-state index contributed by atoms with van der Waals surface area (Å²) in [5.74, 6) is 0.906. The standard InChI is InChI=1S/C23H22F4N4O3/c1-14-10-15(18-4-3-17(13-32)34-18)11-29-20(14)22(24)6-8-31(9-7-22)21(33)30-19-5-2-16(12-28-19)23(25,26)27/h2-5,10-12,32H,6-9,13H2,1H3,(H,28,30,33). The van der Waals surface area contributed by atoms with Crippen molar-refractivity contribution in [3.05, 3.63) is 65.3 Å². The summed E-state index contributed by atoms with van der Waals surface area (Å²) in [6.45, 7) is 1.73. The summed E-state index contributed by atoms with van der Waals surface area (Å²) in [5, 5.41) is 11.6. The van der Waals surface area contributed by atoms with E-state index in [2.05, 4.69) is 15.3 Å². The number of halogens is 4. The van der Waals surface area contributed by atoms with Gasteiger partial charge in [-0.1, -0.05) is 0 Å². The Hall–Kier alpha value is -3.47. The fraction of sp³-hybridized carbons (Fsp3) is 0.348. The predicted molar refractivity (Wildman–Crippen MR) is 114 cm³/mol. The second kappa shape index (κ2) is 9.05. The third-order valence-electron chi connectivity index (χ3n) is 5.77. The summed E-state index contributed by atoms with van der Waals surface area (Å²) >= 11 is 0. The number of aliphatic hydroxyl groups excluding tert-OH is 1. The number of piperidine rings is 1. The molecule has 0 radical (unpaired) electrons. The predicted octanol–water partition coefficient (Wildman–Crippen LogP) is 5.05. The number of nitrogens with one attached hydrogen (secondary N) is 1. The molecule has 7 nitrogen and oxygen atoms in total. The minimum absolute atomic E-state index is 0.0173. The molecule has 0 bridgehead atoms. The minimum atomic E-state index is -4.52. The van der Waals surface area contributed by atoms with Crippen LogP contribution in [0.1, 0.15) is 35.4 Å². The molecule has 34 heavy (non-hydrogen) atoms. The van der Waals surface area contributed by atoms with Crippen molar-refractivity contribution in [2.75, 3.05) is 18.4 Å². The number of aromatic nitrogens is 2. The largest absolute Gasteiger partial charge is 0.459 e. The molecule has 0 saturated carbocycles. The Kier molecular flexibility index (Phi) is 6.30. The Morgan fingerprint density at radius 1 is 1.18 bits per heavy atom. The van der Waals surface area contributed by atoms with Gasteiger partial charge in [-0.3, -0.25) is 10.3 Å². The fourth-order valence-corrected chi connectivity index (χ4v) is 3.92. The van der Waals surface area contributed by atoms with Crippen LogP contribution in [0.4, 0.5) is 28.2 Å². The van der Waals surface area contributed by atoms with Gasteiger partial charge in [0.05, 0.1) is 11.3 Å². The van der Waals surface area contributed by atoms with Crippen molar-refractivity contribution in [3.8, 4) is 11.3 Å². The maximum atomic E-state index is 15.8. The van der Waals surface area contributed by atoms with Crippen LogP contribution in [0.15, 0.2) is 47.1 Å². The number of urea groups is 1. The number of nitrogens with zero attached hydrogens (tertiary/aromatic N) is 3. The SMILES string of the molecule is Cc1cc(-c2ccc(CO)o2)cnc1C1(F)CCN(C(=O)Nc2ccc(C(F)(F)F)cn2)CC1. The molecule has 2 amide bonds. The van der Waals surface area contributed by atoms with E-state index in [9.17, 15) is 18.0 Å². The Labute approximate surface area is 192 Å². The Balaban J connectivity index is 1.39. The lowest BCUT2D eigenvalue weighted by Gasteiger charge is -2.36. The molecular weight excluding hydrogens is 456 g/mol. The first kappa shape index (κ1) is 23.7. The zero-order valence-corrected chi connectivity index (χ0v) is 18.2. The van der Waals surface area contributed by atoms with Crippen LogP contribution in [0.3, 0.4) is 0 Å². The molecule has 180 valence electrons. The van der Waals surface area contributed by atoms with Gasteiger partial charge in [0, 0.05) is 43.9 Å². The van der Waals surface area contributed by atoms with Gasteiger partial charge >= 0.3 is 12.2 Å². The third kappa shape index (κ3) is 4.89. The van der Waals surface area contributed by atoms with E-state index in [1.165, 1.54) is 11.1 Å². The maximum absolute atomic E-state index is 15.8. The molecule has 3 aromatic rings. The smallest absolute Gasteiger partial charge is 0.417 e. The number of alkyl halides is 4. The summed E-state index contributed by atoms with van der Waals surface area (Å²) in [4.78, 5) is 21.8. The van der Waals surface area contributed by atoms with E-state index in [-0.39, 0.29) is 44.0 Å². The number of carbonyl (C=O) groups excluding carboxylic acids is 1. The molecule has 1 saturated heterocycles. The topological polar surface area (TPSA) is 91.5 Å². The Morgan fingerprint density at radius 2 is 1.91 bits per heavy atom. The Bertz CT molecular complexity index is 1170. The molecule has 4 heterocycles. The zero-order chi connectivity index (χ0) is 24.5. The highest BCUT2D eigenvalue weighted by molar-refractivity contribution is 5.88. The van der Waals surface area contributed by atoms with E-state index < -0.39 is 23.4 Å². The van der Waals surface area contributed by atoms with Gasteiger partial charge in [0.2, 0.25) is 0 Å². The number of pyridine rings is 2. The van der Waals surface area contributed by atoms with Crippen LogP contribution in [0.25, 0.3) is 11.3 Å². The highest BCUT2D eigenvalue weighted by Crippen LogP contribution is 2.38. The van der Waals surface area contributed by atoms with Crippen LogP contribution in [0, 0.1) is 6.92 Å². The van der Waals surface area contributed by atoms with Crippen molar-refractivity contribution < 1.29 is 31.9 Å². The zero-order valence-electron chi connectivity index (χ0n) is 18.2. The van der Waals surface area contributed by atoms with Gasteiger partial charge in [-0.15, -0.1) is 0 Å². The number of aryl methyl sites for hydroxylation is 1. The number of hydrogen-bond donors (Lipinski definition) is 2. The first-order chi connectivity index (χ1) is 16.1. The second-order valence-electron chi connectivity index (χ2n) is 8.13. The summed E-state index contributed by atoms with van der Waals surface area (Å²) < 4.78 is 59.2. The lowest BCUT2D eigenvalue weighted by Crippen LogP contribution is -2.45. The number of aliphatic hydroxyl groups is 1. The lowest BCUT2D eigenvalue weighted by molar-refractivity contribution is -0.137. The molecule has 1 aliphatic heterocycles. The van der Waals surface area contributed by atoms with Crippen molar-refractivity contribution in [3.63, 3.8) is 0 Å². The number of carbonyl (C=O) groups is 1. The number of amides is 2. The highest BCUT2D eigenvalue weighted by atomic mass is 19.4. The quantitative estimate of drug-likeness (QED) is 0.512. The fourth-order valence-electron chi connectivity index (χ4n) is 3.92.